The Kier molecular flexibility index (Phi) is 4.68. The lowest BCUT2D eigenvalue weighted by Crippen LogP contribution is -2.25. The van der Waals surface area contributed by atoms with E-state index < -0.39 is 11.4 Å². The van der Waals surface area contributed by atoms with Crippen LogP contribution in [0, 0.1) is 0 Å². The van der Waals surface area contributed by atoms with Gasteiger partial charge in [-0.15, -0.1) is 4.72 Å². The predicted octanol–water partition coefficient (Wildman–Crippen LogP) is 2.64. The molecular formula is C10H12BrNOS. The van der Waals surface area contributed by atoms with Crippen molar-refractivity contribution >= 4 is 27.3 Å². The molecule has 0 bridgehead atoms. The second kappa shape index (κ2) is 5.56. The third-order valence-corrected chi connectivity index (χ3v) is 3.66. The molecule has 1 rings (SSSR count). The maximum atomic E-state index is 11.7. The first-order valence-electron chi connectivity index (χ1n) is 4.15. The van der Waals surface area contributed by atoms with Crippen LogP contribution in [-0.2, 0) is 11.4 Å². The molecular weight excluding hydrogens is 262 g/mol. The van der Waals surface area contributed by atoms with E-state index in [4.69, 9.17) is 0 Å². The van der Waals surface area contributed by atoms with Crippen molar-refractivity contribution in [2.24, 2.45) is 0 Å². The van der Waals surface area contributed by atoms with Gasteiger partial charge in [-0.3, -0.25) is 0 Å². The van der Waals surface area contributed by atoms with Gasteiger partial charge in [-0.25, -0.2) is 0 Å². The molecule has 0 saturated carbocycles. The minimum Gasteiger partial charge on any atom is -0.593 e. The van der Waals surface area contributed by atoms with E-state index in [9.17, 15) is 4.55 Å². The molecule has 0 aliphatic heterocycles. The molecule has 0 aliphatic carbocycles. The maximum Gasteiger partial charge on any atom is 0.188 e. The minimum absolute atomic E-state index is 0.563. The molecule has 1 aromatic carbocycles. The van der Waals surface area contributed by atoms with E-state index in [-0.39, 0.29) is 0 Å². The van der Waals surface area contributed by atoms with Crippen LogP contribution in [0.4, 0.5) is 0 Å². The molecule has 1 unspecified atom stereocenters. The van der Waals surface area contributed by atoms with Crippen molar-refractivity contribution in [2.75, 3.05) is 6.54 Å². The van der Waals surface area contributed by atoms with Crippen LogP contribution in [0.25, 0.3) is 0 Å². The minimum atomic E-state index is -1.17. The summed E-state index contributed by atoms with van der Waals surface area (Å²) in [5, 5.41) is 0. The van der Waals surface area contributed by atoms with Gasteiger partial charge in [0.15, 0.2) is 4.90 Å². The standard InChI is InChI=1S/C10H12BrNOS/c1-8(2)7-12-14(13)10-6-4-3-5-9(10)11/h3-6,12H,1,7H2,2H3. The van der Waals surface area contributed by atoms with Gasteiger partial charge in [0, 0.05) is 0 Å². The van der Waals surface area contributed by atoms with Crippen molar-refractivity contribution in [3.05, 3.63) is 40.9 Å². The van der Waals surface area contributed by atoms with E-state index in [1.807, 2.05) is 31.2 Å². The average molecular weight is 274 g/mol. The zero-order chi connectivity index (χ0) is 10.6. The average Bonchev–Trinajstić information content (AvgIpc) is 2.15. The fraction of sp³-hybridized carbons (Fsp3) is 0.200. The van der Waals surface area contributed by atoms with E-state index in [2.05, 4.69) is 27.2 Å². The molecule has 0 aliphatic rings. The van der Waals surface area contributed by atoms with Crippen molar-refractivity contribution < 1.29 is 4.55 Å². The lowest BCUT2D eigenvalue weighted by atomic mass is 10.4. The smallest absolute Gasteiger partial charge is 0.188 e. The molecule has 1 atom stereocenters. The van der Waals surface area contributed by atoms with Gasteiger partial charge in [0.25, 0.3) is 0 Å². The summed E-state index contributed by atoms with van der Waals surface area (Å²) < 4.78 is 15.4. The highest BCUT2D eigenvalue weighted by Crippen LogP contribution is 2.20. The second-order valence-electron chi connectivity index (χ2n) is 2.98. The summed E-state index contributed by atoms with van der Waals surface area (Å²) in [7, 11) is 0. The molecule has 0 aromatic heterocycles. The largest absolute Gasteiger partial charge is 0.593 e. The molecule has 0 saturated heterocycles. The van der Waals surface area contributed by atoms with E-state index >= 15 is 0 Å². The fourth-order valence-corrected chi connectivity index (χ4v) is 2.57. The number of halogens is 1. The Labute approximate surface area is 95.8 Å². The molecule has 0 amide bonds. The van der Waals surface area contributed by atoms with Crippen LogP contribution in [-0.4, -0.2) is 11.1 Å². The molecule has 0 heterocycles. The lowest BCUT2D eigenvalue weighted by Gasteiger charge is -2.11. The Hall–Kier alpha value is -0.290. The van der Waals surface area contributed by atoms with Gasteiger partial charge in [0.05, 0.1) is 22.4 Å². The molecule has 1 N–H and O–H groups in total. The summed E-state index contributed by atoms with van der Waals surface area (Å²) >= 11 is 2.18. The van der Waals surface area contributed by atoms with Gasteiger partial charge in [0.2, 0.25) is 0 Å². The molecule has 76 valence electrons. The maximum absolute atomic E-state index is 11.7. The van der Waals surface area contributed by atoms with Crippen LogP contribution in [0.15, 0.2) is 45.8 Å². The third kappa shape index (κ3) is 3.46. The van der Waals surface area contributed by atoms with Crippen molar-refractivity contribution in [1.29, 1.82) is 0 Å². The van der Waals surface area contributed by atoms with Crippen LogP contribution >= 0.6 is 15.9 Å². The van der Waals surface area contributed by atoms with E-state index in [1.54, 1.807) is 0 Å². The van der Waals surface area contributed by atoms with Gasteiger partial charge >= 0.3 is 0 Å². The molecule has 0 fully saturated rings. The monoisotopic (exact) mass is 273 g/mol. The topological polar surface area (TPSA) is 35.1 Å². The van der Waals surface area contributed by atoms with Crippen molar-refractivity contribution in [2.45, 2.75) is 11.8 Å². The first-order valence-corrected chi connectivity index (χ1v) is 6.09. The molecule has 0 radical (unpaired) electrons. The highest BCUT2D eigenvalue weighted by molar-refractivity contribution is 9.10. The van der Waals surface area contributed by atoms with Crippen molar-refractivity contribution in [1.82, 2.24) is 4.72 Å². The van der Waals surface area contributed by atoms with Gasteiger partial charge in [-0.2, -0.15) is 0 Å². The molecule has 1 aromatic rings. The zero-order valence-corrected chi connectivity index (χ0v) is 10.3. The molecule has 2 nitrogen and oxygen atoms in total. The van der Waals surface area contributed by atoms with Crippen LogP contribution < -0.4 is 4.72 Å². The van der Waals surface area contributed by atoms with E-state index in [0.29, 0.717) is 6.54 Å². The van der Waals surface area contributed by atoms with Gasteiger partial charge in [-0.05, 0) is 35.0 Å². The highest BCUT2D eigenvalue weighted by Gasteiger charge is 2.13. The Bertz CT molecular complexity index is 330. The first-order chi connectivity index (χ1) is 6.61. The quantitative estimate of drug-likeness (QED) is 0.676. The van der Waals surface area contributed by atoms with Gasteiger partial charge in [0.1, 0.15) is 0 Å². The number of nitrogens with one attached hydrogen (secondary N) is 1. The summed E-state index contributed by atoms with van der Waals surface area (Å²) in [5.74, 6) is 0. The lowest BCUT2D eigenvalue weighted by molar-refractivity contribution is 0.583. The predicted molar refractivity (Wildman–Crippen MR) is 63.4 cm³/mol. The SMILES string of the molecule is C=C(C)CN[S+]([O-])c1ccccc1Br. The van der Waals surface area contributed by atoms with Gasteiger partial charge < -0.3 is 4.55 Å². The normalized spacial score (nSPS) is 12.5. The van der Waals surface area contributed by atoms with Gasteiger partial charge in [-0.1, -0.05) is 24.3 Å². The van der Waals surface area contributed by atoms with Crippen molar-refractivity contribution in [3.63, 3.8) is 0 Å². The second-order valence-corrected chi connectivity index (χ2v) is 5.10. The van der Waals surface area contributed by atoms with E-state index in [1.165, 1.54) is 0 Å². The van der Waals surface area contributed by atoms with Crippen LogP contribution in [0.3, 0.4) is 0 Å². The number of hydrogen-bond donors (Lipinski definition) is 1. The first kappa shape index (κ1) is 11.8. The number of benzene rings is 1. The molecule has 0 spiro atoms. The van der Waals surface area contributed by atoms with Crippen LogP contribution in [0.1, 0.15) is 6.92 Å². The Morgan fingerprint density at radius 2 is 2.21 bits per heavy atom. The van der Waals surface area contributed by atoms with E-state index in [0.717, 1.165) is 14.9 Å². The molecule has 4 heteroatoms. The van der Waals surface area contributed by atoms with Crippen molar-refractivity contribution in [3.8, 4) is 0 Å². The number of rotatable bonds is 4. The zero-order valence-electron chi connectivity index (χ0n) is 7.92. The van der Waals surface area contributed by atoms with Crippen LogP contribution in [0.2, 0.25) is 0 Å². The fourth-order valence-electron chi connectivity index (χ4n) is 0.862. The van der Waals surface area contributed by atoms with Crippen LogP contribution in [0.5, 0.6) is 0 Å². The summed E-state index contributed by atoms with van der Waals surface area (Å²) in [6.07, 6.45) is 0. The Morgan fingerprint density at radius 3 is 2.79 bits per heavy atom. The summed E-state index contributed by atoms with van der Waals surface area (Å²) in [5.41, 5.74) is 0.963. The summed E-state index contributed by atoms with van der Waals surface area (Å²) in [4.78, 5) is 0.758. The Morgan fingerprint density at radius 1 is 1.57 bits per heavy atom. The number of hydrogen-bond acceptors (Lipinski definition) is 2. The Balaban J connectivity index is 2.65. The summed E-state index contributed by atoms with van der Waals surface area (Å²) in [6, 6.07) is 7.45. The third-order valence-electron chi connectivity index (χ3n) is 1.54. The molecule has 14 heavy (non-hydrogen) atoms. The highest BCUT2D eigenvalue weighted by atomic mass is 79.9. The summed E-state index contributed by atoms with van der Waals surface area (Å²) in [6.45, 7) is 6.19.